The van der Waals surface area contributed by atoms with Crippen molar-refractivity contribution >= 4 is 0 Å². The van der Waals surface area contributed by atoms with Crippen LogP contribution in [0.2, 0.25) is 0 Å². The lowest BCUT2D eigenvalue weighted by atomic mass is 9.92. The Balaban J connectivity index is 1.67. The highest BCUT2D eigenvalue weighted by Crippen LogP contribution is 2.49. The molecule has 0 radical (unpaired) electrons. The third kappa shape index (κ3) is 3.69. The first-order valence-corrected chi connectivity index (χ1v) is 7.02. The molecule has 1 heterocycles. The smallest absolute Gasteiger partial charge is 0.0628 e. The fourth-order valence-corrected chi connectivity index (χ4v) is 2.99. The zero-order valence-corrected chi connectivity index (χ0v) is 11.0. The number of rotatable bonds is 6. The van der Waals surface area contributed by atoms with E-state index in [1.807, 2.05) is 7.05 Å². The lowest BCUT2D eigenvalue weighted by Crippen LogP contribution is -2.38. The second-order valence-electron chi connectivity index (χ2n) is 5.95. The van der Waals surface area contributed by atoms with Gasteiger partial charge < -0.3 is 10.2 Å². The maximum atomic E-state index is 8.84. The molecular formula is C14H25N3. The molecule has 0 aromatic carbocycles. The molecule has 2 fully saturated rings. The molecule has 0 spiro atoms. The molecule has 0 unspecified atom stereocenters. The van der Waals surface area contributed by atoms with Crippen LogP contribution in [0.4, 0.5) is 0 Å². The van der Waals surface area contributed by atoms with E-state index in [4.69, 9.17) is 5.26 Å². The van der Waals surface area contributed by atoms with Crippen LogP contribution in [0.1, 0.15) is 38.5 Å². The van der Waals surface area contributed by atoms with Crippen molar-refractivity contribution in [2.24, 2.45) is 11.3 Å². The number of hydrogen-bond donors (Lipinski definition) is 1. The van der Waals surface area contributed by atoms with Gasteiger partial charge in [-0.3, -0.25) is 0 Å². The predicted octanol–water partition coefficient (Wildman–Crippen LogP) is 2.00. The number of likely N-dealkylation sites (tertiary alicyclic amines) is 1. The van der Waals surface area contributed by atoms with Crippen LogP contribution in [0.5, 0.6) is 0 Å². The Labute approximate surface area is 105 Å². The van der Waals surface area contributed by atoms with Crippen LogP contribution in [0.25, 0.3) is 0 Å². The molecule has 2 aliphatic rings. The average molecular weight is 235 g/mol. The molecule has 0 amide bonds. The van der Waals surface area contributed by atoms with E-state index in [2.05, 4.69) is 16.3 Å². The summed E-state index contributed by atoms with van der Waals surface area (Å²) in [7, 11) is 2.04. The van der Waals surface area contributed by atoms with Crippen LogP contribution in [0, 0.1) is 22.7 Å². The van der Waals surface area contributed by atoms with Crippen molar-refractivity contribution in [3.8, 4) is 6.07 Å². The minimum absolute atomic E-state index is 0.395. The van der Waals surface area contributed by atoms with Crippen molar-refractivity contribution < 1.29 is 0 Å². The largest absolute Gasteiger partial charge is 0.320 e. The summed E-state index contributed by atoms with van der Waals surface area (Å²) >= 11 is 0. The first kappa shape index (κ1) is 12.9. The van der Waals surface area contributed by atoms with Gasteiger partial charge in [-0.05, 0) is 70.1 Å². The monoisotopic (exact) mass is 235 g/mol. The first-order valence-electron chi connectivity index (χ1n) is 7.02. The lowest BCUT2D eigenvalue weighted by Gasteiger charge is -2.34. The van der Waals surface area contributed by atoms with Crippen molar-refractivity contribution in [1.82, 2.24) is 10.2 Å². The number of nitrogens with zero attached hydrogens (tertiary/aromatic N) is 2. The molecular weight excluding hydrogens is 210 g/mol. The average Bonchev–Trinajstić information content (AvgIpc) is 3.09. The molecule has 0 atom stereocenters. The Kier molecular flexibility index (Phi) is 4.42. The highest BCUT2D eigenvalue weighted by Gasteiger charge is 2.43. The van der Waals surface area contributed by atoms with Crippen molar-refractivity contribution in [3.63, 3.8) is 0 Å². The molecule has 0 aromatic rings. The molecule has 0 aromatic heterocycles. The summed E-state index contributed by atoms with van der Waals surface area (Å²) in [6.45, 7) is 4.84. The van der Waals surface area contributed by atoms with Gasteiger partial charge in [0.05, 0.1) is 6.07 Å². The van der Waals surface area contributed by atoms with Gasteiger partial charge >= 0.3 is 0 Å². The van der Waals surface area contributed by atoms with Crippen LogP contribution in [-0.4, -0.2) is 38.1 Å². The molecule has 1 saturated carbocycles. The van der Waals surface area contributed by atoms with Gasteiger partial charge in [0.2, 0.25) is 0 Å². The molecule has 2 rings (SSSR count). The molecule has 0 bridgehead atoms. The third-order valence-corrected chi connectivity index (χ3v) is 4.48. The van der Waals surface area contributed by atoms with E-state index in [0.717, 1.165) is 18.9 Å². The van der Waals surface area contributed by atoms with Crippen LogP contribution >= 0.6 is 0 Å². The topological polar surface area (TPSA) is 39.1 Å². The van der Waals surface area contributed by atoms with E-state index in [9.17, 15) is 0 Å². The van der Waals surface area contributed by atoms with Crippen molar-refractivity contribution in [1.29, 1.82) is 5.26 Å². The molecule has 1 aliphatic carbocycles. The van der Waals surface area contributed by atoms with Crippen molar-refractivity contribution in [2.75, 3.05) is 33.2 Å². The Bertz CT molecular complexity index is 270. The van der Waals surface area contributed by atoms with E-state index >= 15 is 0 Å². The lowest BCUT2D eigenvalue weighted by molar-refractivity contribution is 0.150. The number of nitriles is 1. The maximum absolute atomic E-state index is 8.84. The predicted molar refractivity (Wildman–Crippen MR) is 69.6 cm³/mol. The van der Waals surface area contributed by atoms with Gasteiger partial charge in [0, 0.05) is 13.0 Å². The van der Waals surface area contributed by atoms with E-state index in [1.54, 1.807) is 0 Å². The van der Waals surface area contributed by atoms with Gasteiger partial charge in [-0.1, -0.05) is 0 Å². The van der Waals surface area contributed by atoms with Crippen LogP contribution in [-0.2, 0) is 0 Å². The van der Waals surface area contributed by atoms with E-state index in [1.165, 1.54) is 51.7 Å². The van der Waals surface area contributed by atoms with Crippen LogP contribution < -0.4 is 5.32 Å². The molecule has 1 N–H and O–H groups in total. The summed E-state index contributed by atoms with van der Waals surface area (Å²) in [5, 5.41) is 12.1. The van der Waals surface area contributed by atoms with E-state index in [0.29, 0.717) is 5.41 Å². The SMILES string of the molecule is CNCCC1CCN(CC2(CC#N)CC2)CC1. The number of nitrogens with one attached hydrogen (secondary N) is 1. The maximum Gasteiger partial charge on any atom is 0.0628 e. The van der Waals surface area contributed by atoms with Gasteiger partial charge in [0.25, 0.3) is 0 Å². The fraction of sp³-hybridized carbons (Fsp3) is 0.929. The second-order valence-corrected chi connectivity index (χ2v) is 5.95. The summed E-state index contributed by atoms with van der Waals surface area (Å²) in [4.78, 5) is 2.60. The van der Waals surface area contributed by atoms with Crippen molar-refractivity contribution in [3.05, 3.63) is 0 Å². The van der Waals surface area contributed by atoms with Crippen LogP contribution in [0.3, 0.4) is 0 Å². The fourth-order valence-electron chi connectivity index (χ4n) is 2.99. The van der Waals surface area contributed by atoms with E-state index in [-0.39, 0.29) is 0 Å². The normalized spacial score (nSPS) is 24.5. The molecule has 17 heavy (non-hydrogen) atoms. The Hall–Kier alpha value is -0.590. The molecule has 3 heteroatoms. The summed E-state index contributed by atoms with van der Waals surface area (Å²) in [6.07, 6.45) is 7.36. The second kappa shape index (κ2) is 5.84. The molecule has 3 nitrogen and oxygen atoms in total. The Morgan fingerprint density at radius 3 is 2.59 bits per heavy atom. The summed E-state index contributed by atoms with van der Waals surface area (Å²) in [5.74, 6) is 0.921. The van der Waals surface area contributed by atoms with Gasteiger partial charge in [-0.2, -0.15) is 5.26 Å². The third-order valence-electron chi connectivity index (χ3n) is 4.48. The summed E-state index contributed by atoms with van der Waals surface area (Å²) in [6, 6.07) is 2.36. The van der Waals surface area contributed by atoms with Crippen LogP contribution in [0.15, 0.2) is 0 Å². The van der Waals surface area contributed by atoms with Gasteiger partial charge in [0.15, 0.2) is 0 Å². The minimum Gasteiger partial charge on any atom is -0.320 e. The van der Waals surface area contributed by atoms with Crippen molar-refractivity contribution in [2.45, 2.75) is 38.5 Å². The zero-order chi connectivity index (χ0) is 12.1. The Morgan fingerprint density at radius 2 is 2.06 bits per heavy atom. The standard InChI is InChI=1S/C14H25N3/c1-16-9-2-13-3-10-17(11-4-13)12-14(5-6-14)7-8-15/h13,16H,2-7,9-12H2,1H3. The highest BCUT2D eigenvalue weighted by molar-refractivity contribution is 5.01. The summed E-state index contributed by atoms with van der Waals surface area (Å²) in [5.41, 5.74) is 0.395. The van der Waals surface area contributed by atoms with Gasteiger partial charge in [0.1, 0.15) is 0 Å². The number of hydrogen-bond acceptors (Lipinski definition) is 3. The van der Waals surface area contributed by atoms with E-state index < -0.39 is 0 Å². The molecule has 1 saturated heterocycles. The minimum atomic E-state index is 0.395. The molecule has 96 valence electrons. The van der Waals surface area contributed by atoms with Gasteiger partial charge in [-0.25, -0.2) is 0 Å². The van der Waals surface area contributed by atoms with Gasteiger partial charge in [-0.15, -0.1) is 0 Å². The summed E-state index contributed by atoms with van der Waals surface area (Å²) < 4.78 is 0. The molecule has 1 aliphatic heterocycles. The quantitative estimate of drug-likeness (QED) is 0.765. The highest BCUT2D eigenvalue weighted by atomic mass is 15.1. The zero-order valence-electron chi connectivity index (χ0n) is 11.0. The number of piperidine rings is 1. The Morgan fingerprint density at radius 1 is 1.35 bits per heavy atom. The first-order chi connectivity index (χ1) is 8.28.